The second-order valence-electron chi connectivity index (χ2n) is 5.45. The SMILES string of the molecule is COc1ccccc1C12CC([B-](F)(F)F)(C1)C2. The number of para-hydroxylation sites is 1. The molecule has 0 saturated heterocycles. The summed E-state index contributed by atoms with van der Waals surface area (Å²) in [7, 11) is 1.56. The highest BCUT2D eigenvalue weighted by Crippen LogP contribution is 2.83. The van der Waals surface area contributed by atoms with E-state index in [1.807, 2.05) is 24.3 Å². The first-order valence-corrected chi connectivity index (χ1v) is 5.75. The summed E-state index contributed by atoms with van der Waals surface area (Å²) in [5, 5.41) is -1.33. The molecule has 0 aliphatic heterocycles. The van der Waals surface area contributed by atoms with E-state index in [9.17, 15) is 12.9 Å². The highest BCUT2D eigenvalue weighted by molar-refractivity contribution is 6.63. The predicted molar refractivity (Wildman–Crippen MR) is 60.3 cm³/mol. The maximum absolute atomic E-state index is 12.8. The largest absolute Gasteiger partial charge is 0.496 e. The van der Waals surface area contributed by atoms with Gasteiger partial charge in [-0.2, -0.15) is 0 Å². The number of hydrogen-bond acceptors (Lipinski definition) is 1. The normalized spacial score (nSPS) is 34.8. The van der Waals surface area contributed by atoms with E-state index in [-0.39, 0.29) is 24.7 Å². The molecule has 0 aromatic heterocycles. The summed E-state index contributed by atoms with van der Waals surface area (Å²) in [6.45, 7) is -4.69. The van der Waals surface area contributed by atoms with Gasteiger partial charge in [0, 0.05) is 0 Å². The van der Waals surface area contributed by atoms with Crippen molar-refractivity contribution in [3.05, 3.63) is 29.8 Å². The molecular weight excluding hydrogens is 228 g/mol. The van der Waals surface area contributed by atoms with Crippen molar-refractivity contribution in [2.24, 2.45) is 0 Å². The van der Waals surface area contributed by atoms with Crippen LogP contribution in [0.15, 0.2) is 24.3 Å². The topological polar surface area (TPSA) is 9.23 Å². The van der Waals surface area contributed by atoms with E-state index in [0.717, 1.165) is 11.3 Å². The van der Waals surface area contributed by atoms with Gasteiger partial charge in [0.2, 0.25) is 0 Å². The Hall–Kier alpha value is -1.13. The third kappa shape index (κ3) is 1.22. The third-order valence-corrected chi connectivity index (χ3v) is 4.44. The Morgan fingerprint density at radius 3 is 2.24 bits per heavy atom. The van der Waals surface area contributed by atoms with E-state index in [1.165, 1.54) is 0 Å². The summed E-state index contributed by atoms with van der Waals surface area (Å²) < 4.78 is 43.7. The Kier molecular flexibility index (Phi) is 1.94. The lowest BCUT2D eigenvalue weighted by molar-refractivity contribution is -0.0414. The second kappa shape index (κ2) is 3.00. The van der Waals surface area contributed by atoms with Crippen LogP contribution in [-0.2, 0) is 5.41 Å². The Bertz CT molecular complexity index is 449. The lowest BCUT2D eigenvalue weighted by Crippen LogP contribution is -2.67. The molecule has 0 N–H and O–H groups in total. The lowest BCUT2D eigenvalue weighted by Gasteiger charge is -2.75. The Morgan fingerprint density at radius 2 is 1.71 bits per heavy atom. The van der Waals surface area contributed by atoms with Crippen LogP contribution in [0.25, 0.3) is 0 Å². The van der Waals surface area contributed by atoms with Crippen molar-refractivity contribution in [2.45, 2.75) is 30.0 Å². The maximum atomic E-state index is 12.8. The standard InChI is InChI=1S/C12H13BF3O/c1-17-10-5-3-2-4-9(10)11-6-12(7-11,8-11)13(14,15)16/h2-5H,6-8H2,1H3/q-1. The van der Waals surface area contributed by atoms with Crippen molar-refractivity contribution >= 4 is 6.98 Å². The molecule has 4 rings (SSSR count). The molecule has 1 aromatic rings. The number of halogens is 3. The minimum atomic E-state index is -4.69. The van der Waals surface area contributed by atoms with E-state index in [2.05, 4.69) is 0 Å². The van der Waals surface area contributed by atoms with Crippen LogP contribution in [0.5, 0.6) is 5.75 Å². The monoisotopic (exact) mass is 241 g/mol. The van der Waals surface area contributed by atoms with E-state index < -0.39 is 12.3 Å². The highest BCUT2D eigenvalue weighted by Gasteiger charge is 2.74. The zero-order valence-corrected chi connectivity index (χ0v) is 9.55. The lowest BCUT2D eigenvalue weighted by atomic mass is 9.23. The van der Waals surface area contributed by atoms with Crippen molar-refractivity contribution in [1.82, 2.24) is 0 Å². The quantitative estimate of drug-likeness (QED) is 0.732. The van der Waals surface area contributed by atoms with Crippen LogP contribution in [0.1, 0.15) is 24.8 Å². The van der Waals surface area contributed by atoms with Gasteiger partial charge in [-0.15, -0.1) is 0 Å². The molecule has 0 spiro atoms. The Balaban J connectivity index is 1.87. The predicted octanol–water partition coefficient (Wildman–Crippen LogP) is 3.72. The van der Waals surface area contributed by atoms with Gasteiger partial charge in [0.1, 0.15) is 5.75 Å². The van der Waals surface area contributed by atoms with Gasteiger partial charge in [0.05, 0.1) is 7.11 Å². The van der Waals surface area contributed by atoms with Gasteiger partial charge in [-0.3, -0.25) is 0 Å². The Labute approximate surface area is 98.0 Å². The molecule has 1 nitrogen and oxygen atoms in total. The number of hydrogen-bond donors (Lipinski definition) is 0. The minimum Gasteiger partial charge on any atom is -0.496 e. The number of benzene rings is 1. The smallest absolute Gasteiger partial charge is 0.484 e. The number of rotatable bonds is 3. The molecule has 3 aliphatic carbocycles. The molecule has 5 heteroatoms. The first-order chi connectivity index (χ1) is 7.93. The van der Waals surface area contributed by atoms with E-state index in [1.54, 1.807) is 7.11 Å². The molecule has 3 aliphatic rings. The van der Waals surface area contributed by atoms with Gasteiger partial charge < -0.3 is 17.7 Å². The van der Waals surface area contributed by atoms with Crippen molar-refractivity contribution < 1.29 is 17.7 Å². The molecule has 0 radical (unpaired) electrons. The van der Waals surface area contributed by atoms with Crippen molar-refractivity contribution in [1.29, 1.82) is 0 Å². The second-order valence-corrected chi connectivity index (χ2v) is 5.45. The first kappa shape index (κ1) is 11.0. The molecule has 3 saturated carbocycles. The van der Waals surface area contributed by atoms with Crippen molar-refractivity contribution in [3.63, 3.8) is 0 Å². The molecule has 0 amide bonds. The van der Waals surface area contributed by atoms with Crippen molar-refractivity contribution in [3.8, 4) is 5.75 Å². The van der Waals surface area contributed by atoms with Crippen LogP contribution in [-0.4, -0.2) is 14.1 Å². The van der Waals surface area contributed by atoms with Crippen LogP contribution in [0.3, 0.4) is 0 Å². The van der Waals surface area contributed by atoms with Crippen LogP contribution in [0.2, 0.25) is 5.31 Å². The zero-order valence-electron chi connectivity index (χ0n) is 9.55. The molecule has 92 valence electrons. The summed E-state index contributed by atoms with van der Waals surface area (Å²) in [6, 6.07) is 7.42. The average molecular weight is 241 g/mol. The Morgan fingerprint density at radius 1 is 1.12 bits per heavy atom. The molecule has 17 heavy (non-hydrogen) atoms. The van der Waals surface area contributed by atoms with Gasteiger partial charge >= 0.3 is 6.98 Å². The summed E-state index contributed by atoms with van der Waals surface area (Å²) in [5.41, 5.74) is 0.688. The summed E-state index contributed by atoms with van der Waals surface area (Å²) in [6.07, 6.45) is 0.762. The van der Waals surface area contributed by atoms with E-state index in [0.29, 0.717) is 0 Å². The minimum absolute atomic E-state index is 0.254. The fourth-order valence-corrected chi connectivity index (χ4v) is 3.58. The van der Waals surface area contributed by atoms with Gasteiger partial charge in [0.15, 0.2) is 0 Å². The zero-order chi connectivity index (χ0) is 12.3. The average Bonchev–Trinajstić information content (AvgIpc) is 2.12. The van der Waals surface area contributed by atoms with Gasteiger partial charge in [-0.05, 0) is 17.0 Å². The van der Waals surface area contributed by atoms with Crippen LogP contribution in [0, 0.1) is 0 Å². The van der Waals surface area contributed by atoms with E-state index >= 15 is 0 Å². The molecule has 1 aromatic carbocycles. The number of methoxy groups -OCH3 is 1. The highest BCUT2D eigenvalue weighted by atomic mass is 19.4. The summed E-state index contributed by atoms with van der Waals surface area (Å²) in [5.74, 6) is 0.718. The molecule has 0 heterocycles. The molecule has 3 fully saturated rings. The van der Waals surface area contributed by atoms with Gasteiger partial charge in [-0.1, -0.05) is 42.8 Å². The van der Waals surface area contributed by atoms with Gasteiger partial charge in [0.25, 0.3) is 0 Å². The number of ether oxygens (including phenoxy) is 1. The first-order valence-electron chi connectivity index (χ1n) is 5.75. The summed E-state index contributed by atoms with van der Waals surface area (Å²) >= 11 is 0. The van der Waals surface area contributed by atoms with Crippen LogP contribution < -0.4 is 4.74 Å². The van der Waals surface area contributed by atoms with Gasteiger partial charge in [-0.25, -0.2) is 0 Å². The van der Waals surface area contributed by atoms with Crippen molar-refractivity contribution in [2.75, 3.05) is 7.11 Å². The van der Waals surface area contributed by atoms with Crippen LogP contribution in [0.4, 0.5) is 12.9 Å². The maximum Gasteiger partial charge on any atom is 0.484 e. The van der Waals surface area contributed by atoms with E-state index in [4.69, 9.17) is 4.74 Å². The van der Waals surface area contributed by atoms with Crippen LogP contribution >= 0.6 is 0 Å². The fourth-order valence-electron chi connectivity index (χ4n) is 3.58. The molecule has 0 unspecified atom stereocenters. The fraction of sp³-hybridized carbons (Fsp3) is 0.500. The molecule has 0 atom stereocenters. The molecular formula is C12H13BF3O-. The third-order valence-electron chi connectivity index (χ3n) is 4.44. The molecule has 2 bridgehead atoms. The summed E-state index contributed by atoms with van der Waals surface area (Å²) in [4.78, 5) is 0.